The molecular formula is C20H17N3O2S. The number of nitrogens with zero attached hydrogens (tertiary/aromatic N) is 2. The van der Waals surface area contributed by atoms with E-state index in [0.29, 0.717) is 12.2 Å². The number of nitrogens with one attached hydrogen (secondary N) is 1. The van der Waals surface area contributed by atoms with Crippen molar-refractivity contribution in [3.05, 3.63) is 77.4 Å². The van der Waals surface area contributed by atoms with Gasteiger partial charge in [0.1, 0.15) is 0 Å². The number of methoxy groups -OCH3 is 1. The predicted octanol–water partition coefficient (Wildman–Crippen LogP) is 4.46. The zero-order valence-electron chi connectivity index (χ0n) is 14.2. The van der Waals surface area contributed by atoms with Crippen molar-refractivity contribution < 1.29 is 9.53 Å². The van der Waals surface area contributed by atoms with E-state index in [4.69, 9.17) is 4.74 Å². The summed E-state index contributed by atoms with van der Waals surface area (Å²) in [5, 5.41) is 4.95. The smallest absolute Gasteiger partial charge is 0.256 e. The number of imidazole rings is 1. The van der Waals surface area contributed by atoms with E-state index in [1.165, 1.54) is 0 Å². The molecule has 2 heterocycles. The molecule has 1 amide bonds. The first-order valence-corrected chi connectivity index (χ1v) is 9.03. The summed E-state index contributed by atoms with van der Waals surface area (Å²) in [6.45, 7) is 0.403. The average Bonchev–Trinajstić information content (AvgIpc) is 3.25. The van der Waals surface area contributed by atoms with Crippen molar-refractivity contribution in [3.63, 3.8) is 0 Å². The van der Waals surface area contributed by atoms with Gasteiger partial charge in [-0.2, -0.15) is 0 Å². The molecule has 0 saturated carbocycles. The first-order valence-electron chi connectivity index (χ1n) is 8.15. The Hall–Kier alpha value is -2.96. The van der Waals surface area contributed by atoms with Crippen molar-refractivity contribution >= 4 is 27.9 Å². The number of amides is 1. The van der Waals surface area contributed by atoms with Gasteiger partial charge in [-0.3, -0.25) is 9.20 Å². The molecule has 26 heavy (non-hydrogen) atoms. The lowest BCUT2D eigenvalue weighted by atomic mass is 10.1. The fraction of sp³-hybridized carbons (Fsp3) is 0.100. The molecule has 130 valence electrons. The summed E-state index contributed by atoms with van der Waals surface area (Å²) in [6, 6.07) is 15.1. The van der Waals surface area contributed by atoms with Crippen molar-refractivity contribution in [2.45, 2.75) is 6.61 Å². The van der Waals surface area contributed by atoms with Crippen LogP contribution < -0.4 is 5.32 Å². The molecule has 2 aromatic heterocycles. The molecule has 0 aliphatic carbocycles. The SMILES string of the molecule is COCc1ccccc1C(=O)Nc1ccc(-c2cn3ccsc3n2)cc1. The summed E-state index contributed by atoms with van der Waals surface area (Å²) in [5.41, 5.74) is 4.15. The van der Waals surface area contributed by atoms with Gasteiger partial charge < -0.3 is 10.1 Å². The standard InChI is InChI=1S/C20H17N3O2S/c1-25-13-15-4-2-3-5-17(15)19(24)21-16-8-6-14(7-9-16)18-12-23-10-11-26-20(23)22-18/h2-12H,13H2,1H3,(H,21,24). The Morgan fingerprint density at radius 3 is 2.77 bits per heavy atom. The van der Waals surface area contributed by atoms with Crippen molar-refractivity contribution in [2.24, 2.45) is 0 Å². The maximum Gasteiger partial charge on any atom is 0.256 e. The Morgan fingerprint density at radius 1 is 1.19 bits per heavy atom. The molecule has 0 atom stereocenters. The van der Waals surface area contributed by atoms with E-state index in [2.05, 4.69) is 10.3 Å². The summed E-state index contributed by atoms with van der Waals surface area (Å²) in [5.74, 6) is -0.145. The number of anilines is 1. The minimum atomic E-state index is -0.145. The summed E-state index contributed by atoms with van der Waals surface area (Å²) in [6.07, 6.45) is 3.99. The Balaban J connectivity index is 1.52. The molecule has 0 spiro atoms. The molecule has 0 bridgehead atoms. The second-order valence-electron chi connectivity index (χ2n) is 5.84. The van der Waals surface area contributed by atoms with Crippen LogP contribution in [0.2, 0.25) is 0 Å². The van der Waals surface area contributed by atoms with Crippen LogP contribution >= 0.6 is 11.3 Å². The second kappa shape index (κ2) is 7.11. The van der Waals surface area contributed by atoms with Gasteiger partial charge in [-0.1, -0.05) is 30.3 Å². The van der Waals surface area contributed by atoms with E-state index in [-0.39, 0.29) is 5.91 Å². The lowest BCUT2D eigenvalue weighted by Crippen LogP contribution is -2.14. The topological polar surface area (TPSA) is 55.6 Å². The molecule has 1 N–H and O–H groups in total. The summed E-state index contributed by atoms with van der Waals surface area (Å²) in [7, 11) is 1.62. The van der Waals surface area contributed by atoms with Gasteiger partial charge in [0.25, 0.3) is 5.91 Å². The minimum Gasteiger partial charge on any atom is -0.380 e. The maximum atomic E-state index is 12.6. The molecule has 0 fully saturated rings. The minimum absolute atomic E-state index is 0.145. The zero-order chi connectivity index (χ0) is 17.9. The summed E-state index contributed by atoms with van der Waals surface area (Å²) in [4.78, 5) is 18.1. The number of benzene rings is 2. The number of carbonyl (C=O) groups excluding carboxylic acids is 1. The highest BCUT2D eigenvalue weighted by molar-refractivity contribution is 7.15. The van der Waals surface area contributed by atoms with E-state index in [9.17, 15) is 4.79 Å². The average molecular weight is 363 g/mol. The molecule has 0 saturated heterocycles. The van der Waals surface area contributed by atoms with E-state index >= 15 is 0 Å². The van der Waals surface area contributed by atoms with E-state index < -0.39 is 0 Å². The third-order valence-corrected chi connectivity index (χ3v) is 4.86. The van der Waals surface area contributed by atoms with Gasteiger partial charge in [0.2, 0.25) is 0 Å². The van der Waals surface area contributed by atoms with Crippen LogP contribution in [0.1, 0.15) is 15.9 Å². The molecule has 5 nitrogen and oxygen atoms in total. The quantitative estimate of drug-likeness (QED) is 0.569. The highest BCUT2D eigenvalue weighted by Crippen LogP contribution is 2.23. The van der Waals surface area contributed by atoms with E-state index in [0.717, 1.165) is 27.5 Å². The lowest BCUT2D eigenvalue weighted by Gasteiger charge is -2.10. The Kier molecular flexibility index (Phi) is 4.51. The van der Waals surface area contributed by atoms with Gasteiger partial charge in [0, 0.05) is 41.7 Å². The van der Waals surface area contributed by atoms with Crippen molar-refractivity contribution in [2.75, 3.05) is 12.4 Å². The van der Waals surface area contributed by atoms with Crippen LogP contribution in [-0.2, 0) is 11.3 Å². The number of hydrogen-bond acceptors (Lipinski definition) is 4. The molecule has 0 aliphatic rings. The number of fused-ring (bicyclic) bond motifs is 1. The van der Waals surface area contributed by atoms with Gasteiger partial charge in [-0.05, 0) is 23.8 Å². The van der Waals surface area contributed by atoms with Gasteiger partial charge in [0.15, 0.2) is 4.96 Å². The Morgan fingerprint density at radius 2 is 2.00 bits per heavy atom. The van der Waals surface area contributed by atoms with Crippen LogP contribution in [0.15, 0.2) is 66.3 Å². The fourth-order valence-corrected chi connectivity index (χ4v) is 3.51. The predicted molar refractivity (Wildman–Crippen MR) is 104 cm³/mol. The van der Waals surface area contributed by atoms with Crippen molar-refractivity contribution in [1.29, 1.82) is 0 Å². The van der Waals surface area contributed by atoms with Crippen LogP contribution in [0, 0.1) is 0 Å². The van der Waals surface area contributed by atoms with Crippen LogP contribution in [0.4, 0.5) is 5.69 Å². The molecule has 0 aliphatic heterocycles. The Bertz CT molecular complexity index is 1020. The number of carbonyl (C=O) groups is 1. The van der Waals surface area contributed by atoms with Crippen LogP contribution in [-0.4, -0.2) is 22.4 Å². The van der Waals surface area contributed by atoms with Crippen molar-refractivity contribution in [1.82, 2.24) is 9.38 Å². The number of thiazole rings is 1. The van der Waals surface area contributed by atoms with Gasteiger partial charge >= 0.3 is 0 Å². The first-order chi connectivity index (χ1) is 12.7. The Labute approximate surface area is 154 Å². The monoisotopic (exact) mass is 363 g/mol. The number of ether oxygens (including phenoxy) is 1. The highest BCUT2D eigenvalue weighted by Gasteiger charge is 2.11. The lowest BCUT2D eigenvalue weighted by molar-refractivity contribution is 0.102. The van der Waals surface area contributed by atoms with Crippen LogP contribution in [0.3, 0.4) is 0 Å². The first kappa shape index (κ1) is 16.5. The van der Waals surface area contributed by atoms with Crippen LogP contribution in [0.5, 0.6) is 0 Å². The van der Waals surface area contributed by atoms with E-state index in [1.807, 2.05) is 64.6 Å². The zero-order valence-corrected chi connectivity index (χ0v) is 15.0. The highest BCUT2D eigenvalue weighted by atomic mass is 32.1. The largest absolute Gasteiger partial charge is 0.380 e. The molecule has 0 unspecified atom stereocenters. The fourth-order valence-electron chi connectivity index (χ4n) is 2.81. The summed E-state index contributed by atoms with van der Waals surface area (Å²) < 4.78 is 7.17. The third-order valence-electron chi connectivity index (χ3n) is 4.09. The molecule has 4 aromatic rings. The van der Waals surface area contributed by atoms with Gasteiger partial charge in [-0.25, -0.2) is 4.98 Å². The third kappa shape index (κ3) is 3.24. The van der Waals surface area contributed by atoms with Crippen LogP contribution in [0.25, 0.3) is 16.2 Å². The number of rotatable bonds is 5. The molecule has 4 rings (SSSR count). The molecule has 2 aromatic carbocycles. The molecule has 6 heteroatoms. The normalized spacial score (nSPS) is 11.0. The number of hydrogen-bond donors (Lipinski definition) is 1. The molecule has 0 radical (unpaired) electrons. The summed E-state index contributed by atoms with van der Waals surface area (Å²) >= 11 is 1.60. The number of aromatic nitrogens is 2. The maximum absolute atomic E-state index is 12.6. The van der Waals surface area contributed by atoms with Gasteiger partial charge in [-0.15, -0.1) is 11.3 Å². The second-order valence-corrected chi connectivity index (χ2v) is 6.71. The molecular weight excluding hydrogens is 346 g/mol. The van der Waals surface area contributed by atoms with Crippen molar-refractivity contribution in [3.8, 4) is 11.3 Å². The van der Waals surface area contributed by atoms with E-state index in [1.54, 1.807) is 24.5 Å². The van der Waals surface area contributed by atoms with Gasteiger partial charge in [0.05, 0.1) is 12.3 Å².